The fourth-order valence-corrected chi connectivity index (χ4v) is 5.12. The van der Waals surface area contributed by atoms with Crippen LogP contribution in [0.2, 0.25) is 0 Å². The van der Waals surface area contributed by atoms with Gasteiger partial charge in [-0.3, -0.25) is 0 Å². The molecule has 0 bridgehead atoms. The second-order valence-electron chi connectivity index (χ2n) is 8.83. The van der Waals surface area contributed by atoms with Crippen molar-refractivity contribution in [3.05, 3.63) is 18.1 Å². The summed E-state index contributed by atoms with van der Waals surface area (Å²) >= 11 is 0. The molecule has 0 saturated heterocycles. The summed E-state index contributed by atoms with van der Waals surface area (Å²) in [5.41, 5.74) is 2.23. The third-order valence-electron chi connectivity index (χ3n) is 6.70. The van der Waals surface area contributed by atoms with E-state index in [4.69, 9.17) is 5.11 Å². The Morgan fingerprint density at radius 3 is 2.00 bits per heavy atom. The van der Waals surface area contributed by atoms with Crippen molar-refractivity contribution in [1.82, 2.24) is 0 Å². The van der Waals surface area contributed by atoms with Gasteiger partial charge in [0.05, 0.1) is 0 Å². The fourth-order valence-electron chi connectivity index (χ4n) is 5.12. The zero-order valence-electron chi connectivity index (χ0n) is 18.8. The summed E-state index contributed by atoms with van der Waals surface area (Å²) in [5.74, 6) is 1.97. The van der Waals surface area contributed by atoms with Gasteiger partial charge in [-0.15, -0.1) is 0 Å². The standard InChI is InChI=1S/C23H41.C2H6O.V/c1-4-6-8-10-12-16-22-20(14-11-9-7-5-2)15-13-19-23(22,3)21-17-18-21;1-2-3;/h17-18,20,22H,4-16,19H2,1-3H3;3H,2H2,1H3;. The Morgan fingerprint density at radius 2 is 1.44 bits per heavy atom. The maximum Gasteiger partial charge on any atom is 0.0402 e. The summed E-state index contributed by atoms with van der Waals surface area (Å²) in [7, 11) is 0. The van der Waals surface area contributed by atoms with Crippen LogP contribution in [0, 0.1) is 23.7 Å². The zero-order valence-corrected chi connectivity index (χ0v) is 20.2. The second-order valence-corrected chi connectivity index (χ2v) is 8.83. The molecule has 3 unspecified atom stereocenters. The average molecular weight is 415 g/mol. The van der Waals surface area contributed by atoms with Gasteiger partial charge in [-0.1, -0.05) is 109 Å². The van der Waals surface area contributed by atoms with E-state index in [0.29, 0.717) is 5.41 Å². The predicted molar refractivity (Wildman–Crippen MR) is 116 cm³/mol. The van der Waals surface area contributed by atoms with Gasteiger partial charge >= 0.3 is 0 Å². The number of rotatable bonds is 12. The molecule has 1 N–H and O–H groups in total. The van der Waals surface area contributed by atoms with Crippen LogP contribution in [-0.4, -0.2) is 11.7 Å². The molecule has 0 aromatic carbocycles. The van der Waals surface area contributed by atoms with Crippen molar-refractivity contribution < 1.29 is 23.7 Å². The first-order chi connectivity index (χ1) is 12.6. The number of aliphatic hydroxyl groups excluding tert-OH is 1. The minimum atomic E-state index is 0. The van der Waals surface area contributed by atoms with Crippen LogP contribution in [0.5, 0.6) is 0 Å². The third kappa shape index (κ3) is 10.0. The van der Waals surface area contributed by atoms with Crippen LogP contribution in [-0.2, 0) is 18.6 Å². The number of aliphatic hydroxyl groups is 1. The molecule has 2 aliphatic carbocycles. The van der Waals surface area contributed by atoms with E-state index in [-0.39, 0.29) is 25.2 Å². The van der Waals surface area contributed by atoms with Gasteiger partial charge < -0.3 is 5.11 Å². The van der Waals surface area contributed by atoms with Crippen molar-refractivity contribution in [2.24, 2.45) is 17.3 Å². The van der Waals surface area contributed by atoms with E-state index in [0.717, 1.165) is 11.8 Å². The molecule has 0 spiro atoms. The molecular formula is C25H47OV. The Hall–Kier alpha value is 0.284. The number of hydrogen-bond donors (Lipinski definition) is 1. The molecule has 158 valence electrons. The van der Waals surface area contributed by atoms with Gasteiger partial charge in [0.2, 0.25) is 0 Å². The van der Waals surface area contributed by atoms with Crippen LogP contribution < -0.4 is 0 Å². The summed E-state index contributed by atoms with van der Waals surface area (Å²) in [4.78, 5) is 0. The Morgan fingerprint density at radius 1 is 0.926 bits per heavy atom. The molecule has 2 heteroatoms. The molecule has 0 aliphatic heterocycles. The van der Waals surface area contributed by atoms with Gasteiger partial charge in [0.15, 0.2) is 0 Å². The Labute approximate surface area is 183 Å². The predicted octanol–water partition coefficient (Wildman–Crippen LogP) is 7.88. The maximum absolute atomic E-state index is 7.57. The first kappa shape index (κ1) is 27.3. The zero-order chi connectivity index (χ0) is 19.3. The van der Waals surface area contributed by atoms with E-state index in [1.165, 1.54) is 89.9 Å². The summed E-state index contributed by atoms with van der Waals surface area (Å²) in [5, 5.41) is 7.57. The van der Waals surface area contributed by atoms with E-state index in [2.05, 4.69) is 33.3 Å². The van der Waals surface area contributed by atoms with Gasteiger partial charge in [-0.05, 0) is 37.0 Å². The SMILES string of the molecule is CCCCCCCC1C(CCCCCC)CCCC1(C)C1=C[CH]1.CCO.[V]. The van der Waals surface area contributed by atoms with E-state index in [9.17, 15) is 0 Å². The van der Waals surface area contributed by atoms with Crippen LogP contribution >= 0.6 is 0 Å². The smallest absolute Gasteiger partial charge is 0.0402 e. The van der Waals surface area contributed by atoms with Gasteiger partial charge in [0.25, 0.3) is 0 Å². The summed E-state index contributed by atoms with van der Waals surface area (Å²) in [6, 6.07) is 0. The summed E-state index contributed by atoms with van der Waals surface area (Å²) in [6.07, 6.45) is 25.1. The Balaban J connectivity index is 0.00000158. The van der Waals surface area contributed by atoms with Crippen molar-refractivity contribution in [2.45, 2.75) is 118 Å². The molecule has 3 atom stereocenters. The molecule has 27 heavy (non-hydrogen) atoms. The quantitative estimate of drug-likeness (QED) is 0.322. The van der Waals surface area contributed by atoms with Crippen LogP contribution in [0.25, 0.3) is 0 Å². The van der Waals surface area contributed by atoms with Crippen molar-refractivity contribution in [3.63, 3.8) is 0 Å². The third-order valence-corrected chi connectivity index (χ3v) is 6.70. The van der Waals surface area contributed by atoms with Crippen molar-refractivity contribution in [3.8, 4) is 0 Å². The first-order valence-electron chi connectivity index (χ1n) is 11.8. The Kier molecular flexibility index (Phi) is 16.3. The number of unbranched alkanes of at least 4 members (excludes halogenated alkanes) is 7. The van der Waals surface area contributed by atoms with Gasteiger partial charge in [0.1, 0.15) is 0 Å². The summed E-state index contributed by atoms with van der Waals surface area (Å²) in [6.45, 7) is 9.17. The second kappa shape index (κ2) is 16.1. The van der Waals surface area contributed by atoms with Crippen molar-refractivity contribution in [1.29, 1.82) is 0 Å². The molecule has 2 radical (unpaired) electrons. The van der Waals surface area contributed by atoms with E-state index < -0.39 is 0 Å². The molecule has 0 aromatic heterocycles. The van der Waals surface area contributed by atoms with Crippen molar-refractivity contribution >= 4 is 0 Å². The van der Waals surface area contributed by atoms with Crippen molar-refractivity contribution in [2.75, 3.05) is 6.61 Å². The normalized spacial score (nSPS) is 26.5. The molecule has 0 amide bonds. The Bertz CT molecular complexity index is 379. The molecule has 1 nitrogen and oxygen atoms in total. The minimum absolute atomic E-state index is 0. The van der Waals surface area contributed by atoms with Gasteiger partial charge in [-0.2, -0.15) is 0 Å². The number of hydrogen-bond acceptors (Lipinski definition) is 1. The first-order valence-corrected chi connectivity index (χ1v) is 11.8. The van der Waals surface area contributed by atoms with Gasteiger partial charge in [-0.25, -0.2) is 0 Å². The molecule has 0 heterocycles. The van der Waals surface area contributed by atoms with E-state index in [1.54, 1.807) is 12.5 Å². The monoisotopic (exact) mass is 414 g/mol. The largest absolute Gasteiger partial charge is 0.397 e. The minimum Gasteiger partial charge on any atom is -0.397 e. The molecule has 1 fully saturated rings. The van der Waals surface area contributed by atoms with Crippen LogP contribution in [0.3, 0.4) is 0 Å². The van der Waals surface area contributed by atoms with Crippen LogP contribution in [0.15, 0.2) is 11.6 Å². The molecule has 1 saturated carbocycles. The molecular weight excluding hydrogens is 367 g/mol. The van der Waals surface area contributed by atoms with Gasteiger partial charge in [0, 0.05) is 31.6 Å². The fraction of sp³-hybridized carbons (Fsp3) is 0.880. The number of allylic oxidation sites excluding steroid dienone is 2. The molecule has 2 aliphatic rings. The topological polar surface area (TPSA) is 20.2 Å². The maximum atomic E-state index is 7.57. The van der Waals surface area contributed by atoms with E-state index in [1.807, 2.05) is 0 Å². The molecule has 0 aromatic rings. The van der Waals surface area contributed by atoms with Crippen LogP contribution in [0.1, 0.15) is 118 Å². The molecule has 2 rings (SSSR count). The average Bonchev–Trinajstić information content (AvgIpc) is 3.47. The van der Waals surface area contributed by atoms with Crippen LogP contribution in [0.4, 0.5) is 0 Å². The van der Waals surface area contributed by atoms with E-state index >= 15 is 0 Å². The summed E-state index contributed by atoms with van der Waals surface area (Å²) < 4.78 is 0.